The highest BCUT2D eigenvalue weighted by Gasteiger charge is 2.17. The summed E-state index contributed by atoms with van der Waals surface area (Å²) in [5, 5.41) is 6.39. The molecule has 150 valence electrons. The Morgan fingerprint density at radius 3 is 2.55 bits per heavy atom. The first-order valence-corrected chi connectivity index (χ1v) is 10.0. The van der Waals surface area contributed by atoms with Gasteiger partial charge in [0.2, 0.25) is 5.91 Å². The summed E-state index contributed by atoms with van der Waals surface area (Å²) in [4.78, 5) is 29.8. The molecule has 6 nitrogen and oxygen atoms in total. The second-order valence-electron chi connectivity index (χ2n) is 6.60. The first-order chi connectivity index (χ1) is 14.0. The third-order valence-electron chi connectivity index (χ3n) is 4.36. The number of aromatic nitrogens is 1. The van der Waals surface area contributed by atoms with Crippen LogP contribution >= 0.6 is 11.3 Å². The number of hydrogen-bond donors (Lipinski definition) is 2. The van der Waals surface area contributed by atoms with E-state index >= 15 is 0 Å². The van der Waals surface area contributed by atoms with Gasteiger partial charge in [0.1, 0.15) is 15.6 Å². The van der Waals surface area contributed by atoms with Gasteiger partial charge in [-0.3, -0.25) is 9.59 Å². The zero-order valence-corrected chi connectivity index (χ0v) is 17.4. The van der Waals surface area contributed by atoms with E-state index in [9.17, 15) is 9.59 Å². The van der Waals surface area contributed by atoms with Gasteiger partial charge in [-0.25, -0.2) is 4.98 Å². The molecule has 2 N–H and O–H groups in total. The fraction of sp³-hybridized carbons (Fsp3) is 0.227. The number of amides is 2. The van der Waals surface area contributed by atoms with Crippen LogP contribution in [0.4, 0.5) is 5.69 Å². The molecular weight excluding hydrogens is 386 g/mol. The molecule has 3 aromatic rings. The van der Waals surface area contributed by atoms with Crippen LogP contribution in [0.3, 0.4) is 0 Å². The van der Waals surface area contributed by atoms with Crippen molar-refractivity contribution >= 4 is 28.8 Å². The maximum Gasteiger partial charge on any atom is 0.263 e. The molecule has 0 saturated carbocycles. The van der Waals surface area contributed by atoms with E-state index in [2.05, 4.69) is 15.6 Å². The lowest BCUT2D eigenvalue weighted by atomic mass is 10.2. The molecule has 0 atom stereocenters. The maximum absolute atomic E-state index is 12.5. The van der Waals surface area contributed by atoms with Gasteiger partial charge in [0.15, 0.2) is 0 Å². The minimum absolute atomic E-state index is 0.114. The van der Waals surface area contributed by atoms with Gasteiger partial charge < -0.3 is 15.4 Å². The summed E-state index contributed by atoms with van der Waals surface area (Å²) >= 11 is 1.25. The molecule has 3 rings (SSSR count). The van der Waals surface area contributed by atoms with Crippen LogP contribution in [0.1, 0.15) is 31.5 Å². The number of thiazole rings is 1. The molecule has 0 bridgehead atoms. The van der Waals surface area contributed by atoms with E-state index in [4.69, 9.17) is 4.74 Å². The van der Waals surface area contributed by atoms with Crippen molar-refractivity contribution in [1.29, 1.82) is 0 Å². The second-order valence-corrected chi connectivity index (χ2v) is 7.68. The van der Waals surface area contributed by atoms with Gasteiger partial charge in [-0.15, -0.1) is 11.3 Å². The molecule has 1 heterocycles. The molecule has 0 saturated heterocycles. The lowest BCUT2D eigenvalue weighted by Gasteiger charge is -2.09. The number of nitrogens with zero attached hydrogens (tertiary/aromatic N) is 1. The molecule has 0 fully saturated rings. The Hall–Kier alpha value is -3.19. The van der Waals surface area contributed by atoms with Crippen LogP contribution in [-0.2, 0) is 17.8 Å². The molecule has 0 aliphatic rings. The average molecular weight is 410 g/mol. The van der Waals surface area contributed by atoms with Crippen molar-refractivity contribution in [2.75, 3.05) is 12.4 Å². The topological polar surface area (TPSA) is 80.3 Å². The van der Waals surface area contributed by atoms with E-state index < -0.39 is 0 Å². The number of hydrogen-bond acceptors (Lipinski definition) is 5. The first-order valence-electron chi connectivity index (χ1n) is 9.19. The fourth-order valence-electron chi connectivity index (χ4n) is 2.83. The Morgan fingerprint density at radius 2 is 1.86 bits per heavy atom. The Bertz CT molecular complexity index is 1020. The lowest BCUT2D eigenvalue weighted by Crippen LogP contribution is -2.22. The fourth-order valence-corrected chi connectivity index (χ4v) is 3.81. The molecule has 0 aliphatic heterocycles. The third-order valence-corrected chi connectivity index (χ3v) is 5.52. The smallest absolute Gasteiger partial charge is 0.263 e. The number of methoxy groups -OCH3 is 1. The lowest BCUT2D eigenvalue weighted by molar-refractivity contribution is -0.115. The van der Waals surface area contributed by atoms with Crippen molar-refractivity contribution in [2.24, 2.45) is 0 Å². The second kappa shape index (κ2) is 9.34. The van der Waals surface area contributed by atoms with Gasteiger partial charge in [0.25, 0.3) is 5.91 Å². The summed E-state index contributed by atoms with van der Waals surface area (Å²) in [7, 11) is 1.60. The molecule has 1 aromatic heterocycles. The highest BCUT2D eigenvalue weighted by atomic mass is 32.1. The average Bonchev–Trinajstić information content (AvgIpc) is 3.08. The Balaban J connectivity index is 1.60. The largest absolute Gasteiger partial charge is 0.497 e. The summed E-state index contributed by atoms with van der Waals surface area (Å²) in [6.07, 6.45) is 0.114. The van der Waals surface area contributed by atoms with E-state index in [1.54, 1.807) is 20.1 Å². The molecule has 7 heteroatoms. The zero-order valence-electron chi connectivity index (χ0n) is 16.6. The molecule has 29 heavy (non-hydrogen) atoms. The summed E-state index contributed by atoms with van der Waals surface area (Å²) in [5.41, 5.74) is 3.29. The minimum atomic E-state index is -0.179. The predicted molar refractivity (Wildman–Crippen MR) is 115 cm³/mol. The first kappa shape index (κ1) is 20.5. The normalized spacial score (nSPS) is 10.4. The number of benzene rings is 2. The zero-order chi connectivity index (χ0) is 20.8. The monoisotopic (exact) mass is 409 g/mol. The maximum atomic E-state index is 12.5. The summed E-state index contributed by atoms with van der Waals surface area (Å²) in [6, 6.07) is 15.2. The van der Waals surface area contributed by atoms with Gasteiger partial charge in [0, 0.05) is 12.2 Å². The highest BCUT2D eigenvalue weighted by molar-refractivity contribution is 7.13. The van der Waals surface area contributed by atoms with Crippen LogP contribution < -0.4 is 15.4 Å². The van der Waals surface area contributed by atoms with Crippen LogP contribution in [0.15, 0.2) is 48.5 Å². The van der Waals surface area contributed by atoms with E-state index in [0.717, 1.165) is 22.6 Å². The molecule has 2 aromatic carbocycles. The quantitative estimate of drug-likeness (QED) is 0.621. The molecule has 0 spiro atoms. The van der Waals surface area contributed by atoms with Crippen molar-refractivity contribution in [3.8, 4) is 5.75 Å². The molecule has 0 aliphatic carbocycles. The number of carbonyl (C=O) groups excluding carboxylic acids is 2. The number of rotatable bonds is 7. The van der Waals surface area contributed by atoms with Crippen molar-refractivity contribution in [1.82, 2.24) is 10.3 Å². The Labute approximate surface area is 173 Å². The molecular formula is C22H23N3O3S. The van der Waals surface area contributed by atoms with E-state index in [-0.39, 0.29) is 18.2 Å². The Kier molecular flexibility index (Phi) is 6.61. The van der Waals surface area contributed by atoms with Crippen molar-refractivity contribution in [3.05, 3.63) is 75.2 Å². The molecule has 0 unspecified atom stereocenters. The van der Waals surface area contributed by atoms with Gasteiger partial charge >= 0.3 is 0 Å². The van der Waals surface area contributed by atoms with Crippen LogP contribution in [0.2, 0.25) is 0 Å². The summed E-state index contributed by atoms with van der Waals surface area (Å²) < 4.78 is 5.18. The summed E-state index contributed by atoms with van der Waals surface area (Å²) in [6.45, 7) is 4.13. The molecule has 2 amide bonds. The van der Waals surface area contributed by atoms with Crippen LogP contribution in [0.5, 0.6) is 5.75 Å². The van der Waals surface area contributed by atoms with Gasteiger partial charge in [-0.1, -0.05) is 30.3 Å². The highest BCUT2D eigenvalue weighted by Crippen LogP contribution is 2.22. The van der Waals surface area contributed by atoms with Crippen molar-refractivity contribution < 1.29 is 14.3 Å². The standard InChI is InChI=1S/C22H23N3O3S/c1-14-11-17(28-3)9-10-18(14)25-19(26)12-20-24-15(2)21(29-20)22(27)23-13-16-7-5-4-6-8-16/h4-11H,12-13H2,1-3H3,(H,23,27)(H,25,26). The number of nitrogens with one attached hydrogen (secondary N) is 2. The van der Waals surface area contributed by atoms with Crippen molar-refractivity contribution in [3.63, 3.8) is 0 Å². The van der Waals surface area contributed by atoms with E-state index in [1.807, 2.05) is 49.4 Å². The molecule has 0 radical (unpaired) electrons. The third kappa shape index (κ3) is 5.42. The predicted octanol–water partition coefficient (Wildman–Crippen LogP) is 3.88. The van der Waals surface area contributed by atoms with E-state index in [1.165, 1.54) is 11.3 Å². The summed E-state index contributed by atoms with van der Waals surface area (Å²) in [5.74, 6) is 0.381. The number of aryl methyl sites for hydroxylation is 2. The number of carbonyl (C=O) groups is 2. The van der Waals surface area contributed by atoms with Crippen LogP contribution in [0, 0.1) is 13.8 Å². The van der Waals surface area contributed by atoms with Crippen LogP contribution in [-0.4, -0.2) is 23.9 Å². The van der Waals surface area contributed by atoms with Crippen molar-refractivity contribution in [2.45, 2.75) is 26.8 Å². The SMILES string of the molecule is COc1ccc(NC(=O)Cc2nc(C)c(C(=O)NCc3ccccc3)s2)c(C)c1. The van der Waals surface area contributed by atoms with Gasteiger partial charge in [-0.2, -0.15) is 0 Å². The minimum Gasteiger partial charge on any atom is -0.497 e. The van der Waals surface area contributed by atoms with Gasteiger partial charge in [-0.05, 0) is 43.2 Å². The Morgan fingerprint density at radius 1 is 1.10 bits per heavy atom. The number of ether oxygens (including phenoxy) is 1. The number of anilines is 1. The van der Waals surface area contributed by atoms with E-state index in [0.29, 0.717) is 22.1 Å². The van der Waals surface area contributed by atoms with Gasteiger partial charge in [0.05, 0.1) is 19.2 Å². The van der Waals surface area contributed by atoms with Crippen LogP contribution in [0.25, 0.3) is 0 Å².